The van der Waals surface area contributed by atoms with Gasteiger partial charge in [0.15, 0.2) is 5.16 Å². The van der Waals surface area contributed by atoms with Crippen LogP contribution in [0, 0.1) is 5.82 Å². The maximum Gasteiger partial charge on any atom is 0.262 e. The fourth-order valence-electron chi connectivity index (χ4n) is 3.81. The second kappa shape index (κ2) is 9.19. The van der Waals surface area contributed by atoms with E-state index in [0.717, 1.165) is 24.8 Å². The molecule has 0 saturated carbocycles. The van der Waals surface area contributed by atoms with Gasteiger partial charge in [0.05, 0.1) is 16.6 Å². The zero-order valence-electron chi connectivity index (χ0n) is 18.1. The highest BCUT2D eigenvalue weighted by Crippen LogP contribution is 2.26. The maximum absolute atomic E-state index is 13.5. The molecule has 0 bridgehead atoms. The molecule has 3 aromatic heterocycles. The third-order valence-electron chi connectivity index (χ3n) is 5.44. The monoisotopic (exact) mass is 463 g/mol. The van der Waals surface area contributed by atoms with Crippen LogP contribution in [0.1, 0.15) is 31.9 Å². The summed E-state index contributed by atoms with van der Waals surface area (Å²) in [6.45, 7) is 2.73. The van der Waals surface area contributed by atoms with Gasteiger partial charge in [-0.1, -0.05) is 49.7 Å². The standard InChI is InChI=1S/C24H22FN5O2S/c1-2-3-6-12-29-22(31)19-10-4-5-11-20(19)30-23(29)27-28-24(30)33-15-18-14-32-21(26-18)16-8-7-9-17(25)13-16/h4-5,7-11,13-14H,2-3,6,12,15H2,1H3. The number of benzene rings is 2. The van der Waals surface area contributed by atoms with E-state index in [2.05, 4.69) is 22.1 Å². The van der Waals surface area contributed by atoms with Crippen molar-refractivity contribution in [2.24, 2.45) is 0 Å². The number of aryl methyl sites for hydroxylation is 1. The highest BCUT2D eigenvalue weighted by molar-refractivity contribution is 7.98. The average Bonchev–Trinajstić information content (AvgIpc) is 3.47. The largest absolute Gasteiger partial charge is 0.444 e. The minimum Gasteiger partial charge on any atom is -0.444 e. The molecular weight excluding hydrogens is 441 g/mol. The van der Waals surface area contributed by atoms with Gasteiger partial charge in [0, 0.05) is 17.9 Å². The van der Waals surface area contributed by atoms with E-state index < -0.39 is 0 Å². The summed E-state index contributed by atoms with van der Waals surface area (Å²) in [6, 6.07) is 13.7. The molecule has 0 atom stereocenters. The average molecular weight is 464 g/mol. The molecule has 0 amide bonds. The number of unbranched alkanes of at least 4 members (excludes halogenated alkanes) is 2. The summed E-state index contributed by atoms with van der Waals surface area (Å²) in [4.78, 5) is 17.6. The quantitative estimate of drug-likeness (QED) is 0.229. The Morgan fingerprint density at radius 1 is 1.09 bits per heavy atom. The molecule has 9 heteroatoms. The minimum absolute atomic E-state index is 0.0469. The first-order valence-corrected chi connectivity index (χ1v) is 11.8. The van der Waals surface area contributed by atoms with Crippen LogP contribution < -0.4 is 5.56 Å². The van der Waals surface area contributed by atoms with Crippen molar-refractivity contribution in [3.8, 4) is 11.5 Å². The van der Waals surface area contributed by atoms with Gasteiger partial charge in [-0.25, -0.2) is 9.37 Å². The lowest BCUT2D eigenvalue weighted by molar-refractivity contribution is 0.571. The molecule has 5 rings (SSSR count). The number of para-hydroxylation sites is 1. The normalized spacial score (nSPS) is 11.6. The van der Waals surface area contributed by atoms with Crippen LogP contribution in [-0.2, 0) is 12.3 Å². The number of hydrogen-bond donors (Lipinski definition) is 0. The number of oxazole rings is 1. The van der Waals surface area contributed by atoms with Crippen molar-refractivity contribution in [3.05, 3.63) is 76.7 Å². The van der Waals surface area contributed by atoms with E-state index in [1.807, 2.05) is 28.7 Å². The second-order valence-corrected chi connectivity index (χ2v) is 8.68. The smallest absolute Gasteiger partial charge is 0.262 e. The zero-order valence-corrected chi connectivity index (χ0v) is 18.9. The molecule has 0 spiro atoms. The Balaban J connectivity index is 1.47. The molecule has 7 nitrogen and oxygen atoms in total. The van der Waals surface area contributed by atoms with E-state index in [9.17, 15) is 9.18 Å². The molecule has 0 radical (unpaired) electrons. The van der Waals surface area contributed by atoms with Crippen molar-refractivity contribution in [1.82, 2.24) is 24.1 Å². The second-order valence-electron chi connectivity index (χ2n) is 7.74. The van der Waals surface area contributed by atoms with Gasteiger partial charge in [0.25, 0.3) is 5.56 Å². The number of fused-ring (bicyclic) bond motifs is 3. The molecule has 2 aromatic carbocycles. The molecular formula is C24H22FN5O2S. The molecule has 0 unspecified atom stereocenters. The molecule has 0 fully saturated rings. The first kappa shape index (κ1) is 21.4. The van der Waals surface area contributed by atoms with Crippen molar-refractivity contribution in [3.63, 3.8) is 0 Å². The Morgan fingerprint density at radius 2 is 1.97 bits per heavy atom. The molecule has 0 aliphatic carbocycles. The Kier molecular flexibility index (Phi) is 5.95. The number of aromatic nitrogens is 5. The lowest BCUT2D eigenvalue weighted by atomic mass is 10.2. The van der Waals surface area contributed by atoms with E-state index in [0.29, 0.717) is 45.8 Å². The van der Waals surface area contributed by atoms with Gasteiger partial charge in [-0.15, -0.1) is 10.2 Å². The molecule has 0 saturated heterocycles. The Morgan fingerprint density at radius 3 is 2.82 bits per heavy atom. The van der Waals surface area contributed by atoms with Gasteiger partial charge in [0.1, 0.15) is 12.1 Å². The van der Waals surface area contributed by atoms with Crippen molar-refractivity contribution in [1.29, 1.82) is 0 Å². The van der Waals surface area contributed by atoms with Crippen LogP contribution in [-0.4, -0.2) is 24.1 Å². The Labute approximate surface area is 193 Å². The molecule has 0 aliphatic heterocycles. The maximum atomic E-state index is 13.5. The molecule has 33 heavy (non-hydrogen) atoms. The minimum atomic E-state index is -0.339. The fourth-order valence-corrected chi connectivity index (χ4v) is 4.63. The molecule has 168 valence electrons. The third-order valence-corrected chi connectivity index (χ3v) is 6.40. The summed E-state index contributed by atoms with van der Waals surface area (Å²) in [5.74, 6) is 1.06. The van der Waals surface area contributed by atoms with Crippen LogP contribution >= 0.6 is 11.8 Å². The molecule has 5 aromatic rings. The van der Waals surface area contributed by atoms with Gasteiger partial charge in [0.2, 0.25) is 11.7 Å². The van der Waals surface area contributed by atoms with Gasteiger partial charge in [-0.05, 0) is 36.8 Å². The summed E-state index contributed by atoms with van der Waals surface area (Å²) in [6.07, 6.45) is 4.58. The van der Waals surface area contributed by atoms with E-state index in [-0.39, 0.29) is 11.4 Å². The van der Waals surface area contributed by atoms with E-state index >= 15 is 0 Å². The van der Waals surface area contributed by atoms with Gasteiger partial charge >= 0.3 is 0 Å². The SMILES string of the molecule is CCCCCn1c(=O)c2ccccc2n2c(SCc3coc(-c4cccc(F)c4)n3)nnc12. The summed E-state index contributed by atoms with van der Waals surface area (Å²) in [7, 11) is 0. The summed E-state index contributed by atoms with van der Waals surface area (Å²) >= 11 is 1.46. The van der Waals surface area contributed by atoms with E-state index in [4.69, 9.17) is 4.42 Å². The third kappa shape index (κ3) is 4.16. The lowest BCUT2D eigenvalue weighted by Gasteiger charge is -2.10. The number of rotatable bonds is 8. The number of thioether (sulfide) groups is 1. The predicted octanol–water partition coefficient (Wildman–Crippen LogP) is 5.32. The van der Waals surface area contributed by atoms with E-state index in [1.54, 1.807) is 23.0 Å². The Bertz CT molecular complexity index is 1490. The Hall–Kier alpha value is -3.46. The predicted molar refractivity (Wildman–Crippen MR) is 126 cm³/mol. The van der Waals surface area contributed by atoms with E-state index in [1.165, 1.54) is 23.9 Å². The topological polar surface area (TPSA) is 78.2 Å². The van der Waals surface area contributed by atoms with Crippen LogP contribution in [0.4, 0.5) is 4.39 Å². The number of hydrogen-bond acceptors (Lipinski definition) is 6. The van der Waals surface area contributed by atoms with Gasteiger partial charge < -0.3 is 4.42 Å². The summed E-state index contributed by atoms with van der Waals surface area (Å²) in [5, 5.41) is 10.0. The first-order chi connectivity index (χ1) is 16.2. The van der Waals surface area contributed by atoms with Crippen LogP contribution in [0.15, 0.2) is 69.2 Å². The van der Waals surface area contributed by atoms with Crippen LogP contribution in [0.3, 0.4) is 0 Å². The summed E-state index contributed by atoms with van der Waals surface area (Å²) < 4.78 is 22.7. The lowest BCUT2D eigenvalue weighted by Crippen LogP contribution is -2.23. The van der Waals surface area contributed by atoms with Crippen molar-refractivity contribution < 1.29 is 8.81 Å². The summed E-state index contributed by atoms with van der Waals surface area (Å²) in [5.41, 5.74) is 2.02. The number of halogens is 1. The molecule has 0 N–H and O–H groups in total. The number of nitrogens with zero attached hydrogens (tertiary/aromatic N) is 5. The molecule has 3 heterocycles. The highest BCUT2D eigenvalue weighted by Gasteiger charge is 2.17. The van der Waals surface area contributed by atoms with Crippen molar-refractivity contribution in [2.45, 2.75) is 43.6 Å². The van der Waals surface area contributed by atoms with Gasteiger partial charge in [-0.3, -0.25) is 13.8 Å². The van der Waals surface area contributed by atoms with Gasteiger partial charge in [-0.2, -0.15) is 0 Å². The molecule has 0 aliphatic rings. The first-order valence-electron chi connectivity index (χ1n) is 10.9. The van der Waals surface area contributed by atoms with Crippen LogP contribution in [0.5, 0.6) is 0 Å². The van der Waals surface area contributed by atoms with Crippen LogP contribution in [0.2, 0.25) is 0 Å². The highest BCUT2D eigenvalue weighted by atomic mass is 32.2. The fraction of sp³-hybridized carbons (Fsp3) is 0.250. The zero-order chi connectivity index (χ0) is 22.8. The van der Waals surface area contributed by atoms with Crippen molar-refractivity contribution in [2.75, 3.05) is 0 Å². The van der Waals surface area contributed by atoms with Crippen LogP contribution in [0.25, 0.3) is 28.1 Å². The van der Waals surface area contributed by atoms with Crippen molar-refractivity contribution >= 4 is 28.4 Å².